The zero-order valence-corrected chi connectivity index (χ0v) is 12.7. The zero-order chi connectivity index (χ0) is 16.3. The molecule has 0 radical (unpaired) electrons. The number of hydrogen-bond donors (Lipinski definition) is 2. The van der Waals surface area contributed by atoms with Crippen molar-refractivity contribution in [2.75, 3.05) is 18.0 Å². The first-order valence-electron chi connectivity index (χ1n) is 6.69. The van der Waals surface area contributed by atoms with E-state index in [0.717, 1.165) is 0 Å². The Balaban J connectivity index is 1.89. The summed E-state index contributed by atoms with van der Waals surface area (Å²) in [6.07, 6.45) is 4.10. The molecule has 0 spiro atoms. The van der Waals surface area contributed by atoms with Crippen LogP contribution in [0, 0.1) is 0 Å². The molecule has 0 unspecified atom stereocenters. The molecule has 0 saturated heterocycles. The van der Waals surface area contributed by atoms with Gasteiger partial charge in [0.1, 0.15) is 35.9 Å². The predicted molar refractivity (Wildman–Crippen MR) is 82.6 cm³/mol. The highest BCUT2D eigenvalue weighted by atomic mass is 32.2. The van der Waals surface area contributed by atoms with Gasteiger partial charge >= 0.3 is 0 Å². The highest BCUT2D eigenvalue weighted by Gasteiger charge is 2.20. The van der Waals surface area contributed by atoms with E-state index >= 15 is 0 Å². The molecule has 120 valence electrons. The molecular weight excluding hydrogens is 323 g/mol. The largest absolute Gasteiger partial charge is 0.491 e. The number of H-pyrrole nitrogens is 1. The number of aromatic amines is 1. The van der Waals surface area contributed by atoms with E-state index in [9.17, 15) is 12.8 Å². The van der Waals surface area contributed by atoms with Crippen LogP contribution in [-0.2, 0) is 10.0 Å². The first-order valence-corrected chi connectivity index (χ1v) is 8.17. The van der Waals surface area contributed by atoms with Crippen LogP contribution in [0.2, 0.25) is 0 Å². The van der Waals surface area contributed by atoms with E-state index in [1.807, 2.05) is 0 Å². The molecule has 3 aromatic rings. The van der Waals surface area contributed by atoms with Crippen molar-refractivity contribution < 1.29 is 17.5 Å². The second kappa shape index (κ2) is 6.21. The molecule has 2 heterocycles. The molecule has 0 bridgehead atoms. The minimum absolute atomic E-state index is 0.0446. The average molecular weight is 336 g/mol. The molecule has 1 aromatic carbocycles. The fraction of sp³-hybridized carbons (Fsp3) is 0.143. The van der Waals surface area contributed by atoms with Gasteiger partial charge in [-0.25, -0.2) is 22.8 Å². The van der Waals surface area contributed by atoms with Gasteiger partial charge in [0, 0.05) is 18.5 Å². The Labute approximate surface area is 131 Å². The molecule has 0 saturated carbocycles. The number of anilines is 1. The molecule has 0 atom stereocenters. The fourth-order valence-electron chi connectivity index (χ4n) is 2.07. The Kier molecular flexibility index (Phi) is 4.11. The van der Waals surface area contributed by atoms with Crippen LogP contribution >= 0.6 is 0 Å². The summed E-state index contributed by atoms with van der Waals surface area (Å²) >= 11 is 0. The van der Waals surface area contributed by atoms with Crippen molar-refractivity contribution in [1.82, 2.24) is 15.0 Å². The molecule has 2 aromatic heterocycles. The first kappa shape index (κ1) is 15.2. The van der Waals surface area contributed by atoms with E-state index in [1.165, 1.54) is 24.8 Å². The molecule has 2 N–H and O–H groups in total. The van der Waals surface area contributed by atoms with E-state index < -0.39 is 16.7 Å². The van der Waals surface area contributed by atoms with Gasteiger partial charge in [-0.15, -0.1) is 0 Å². The number of fused-ring (bicyclic) bond motifs is 1. The van der Waals surface area contributed by atoms with Crippen molar-refractivity contribution in [3.63, 3.8) is 0 Å². The normalized spacial score (nSPS) is 11.5. The summed E-state index contributed by atoms with van der Waals surface area (Å²) in [6, 6.07) is 6.29. The number of aromatic nitrogens is 3. The van der Waals surface area contributed by atoms with Crippen molar-refractivity contribution in [3.05, 3.63) is 43.0 Å². The maximum absolute atomic E-state index is 12.5. The highest BCUT2D eigenvalue weighted by molar-refractivity contribution is 7.93. The molecule has 0 aliphatic carbocycles. The Morgan fingerprint density at radius 1 is 1.35 bits per heavy atom. The van der Waals surface area contributed by atoms with E-state index in [-0.39, 0.29) is 11.5 Å². The molecule has 9 heteroatoms. The second-order valence-electron chi connectivity index (χ2n) is 4.61. The molecule has 23 heavy (non-hydrogen) atoms. The second-order valence-corrected chi connectivity index (χ2v) is 6.26. The summed E-state index contributed by atoms with van der Waals surface area (Å²) in [5.74, 6) is 0.380. The number of nitrogens with zero attached hydrogens (tertiary/aromatic N) is 2. The summed E-state index contributed by atoms with van der Waals surface area (Å²) in [7, 11) is -3.82. The lowest BCUT2D eigenvalue weighted by Crippen LogP contribution is -2.12. The van der Waals surface area contributed by atoms with Crippen molar-refractivity contribution >= 4 is 26.7 Å². The van der Waals surface area contributed by atoms with Crippen LogP contribution in [-0.4, -0.2) is 36.7 Å². The first-order chi connectivity index (χ1) is 11.1. The van der Waals surface area contributed by atoms with Crippen LogP contribution < -0.4 is 9.46 Å². The summed E-state index contributed by atoms with van der Waals surface area (Å²) in [6.45, 7) is -0.707. The number of benzene rings is 1. The van der Waals surface area contributed by atoms with Gasteiger partial charge < -0.3 is 9.72 Å². The third-order valence-electron chi connectivity index (χ3n) is 3.04. The monoisotopic (exact) mass is 336 g/mol. The van der Waals surface area contributed by atoms with Gasteiger partial charge in [-0.05, 0) is 12.1 Å². The van der Waals surface area contributed by atoms with Crippen molar-refractivity contribution in [3.8, 4) is 5.75 Å². The quantitative estimate of drug-likeness (QED) is 0.718. The van der Waals surface area contributed by atoms with Gasteiger partial charge in [0.25, 0.3) is 10.0 Å². The molecule has 3 rings (SSSR count). The zero-order valence-electron chi connectivity index (χ0n) is 11.9. The molecule has 0 aliphatic rings. The van der Waals surface area contributed by atoms with Gasteiger partial charge in [0.15, 0.2) is 0 Å². The number of alkyl halides is 1. The predicted octanol–water partition coefficient (Wildman–Crippen LogP) is 2.11. The van der Waals surface area contributed by atoms with Crippen LogP contribution in [0.4, 0.5) is 10.1 Å². The number of rotatable bonds is 6. The summed E-state index contributed by atoms with van der Waals surface area (Å²) < 4.78 is 44.7. The maximum atomic E-state index is 12.5. The van der Waals surface area contributed by atoms with E-state index in [4.69, 9.17) is 4.74 Å². The topological polar surface area (TPSA) is 97.0 Å². The Bertz CT molecular complexity index is 926. The van der Waals surface area contributed by atoms with Gasteiger partial charge in [-0.2, -0.15) is 0 Å². The van der Waals surface area contributed by atoms with Crippen molar-refractivity contribution in [2.45, 2.75) is 4.90 Å². The van der Waals surface area contributed by atoms with Crippen molar-refractivity contribution in [1.29, 1.82) is 0 Å². The Morgan fingerprint density at radius 2 is 2.22 bits per heavy atom. The van der Waals surface area contributed by atoms with Gasteiger partial charge in [0.2, 0.25) is 0 Å². The Hall–Kier alpha value is -2.68. The van der Waals surface area contributed by atoms with Crippen LogP contribution in [0.25, 0.3) is 11.0 Å². The number of nitrogens with one attached hydrogen (secondary N) is 2. The Morgan fingerprint density at radius 3 is 3.04 bits per heavy atom. The van der Waals surface area contributed by atoms with Crippen LogP contribution in [0.1, 0.15) is 0 Å². The fourth-order valence-corrected chi connectivity index (χ4v) is 3.28. The number of hydrogen-bond acceptors (Lipinski definition) is 5. The van der Waals surface area contributed by atoms with Crippen molar-refractivity contribution in [2.24, 2.45) is 0 Å². The summed E-state index contributed by atoms with van der Waals surface area (Å²) in [4.78, 5) is 10.6. The van der Waals surface area contributed by atoms with E-state index in [2.05, 4.69) is 19.7 Å². The minimum Gasteiger partial charge on any atom is -0.491 e. The van der Waals surface area contributed by atoms with Gasteiger partial charge in [0.05, 0.1) is 11.1 Å². The lowest BCUT2D eigenvalue weighted by molar-refractivity contribution is 0.273. The number of sulfonamides is 1. The van der Waals surface area contributed by atoms with E-state index in [0.29, 0.717) is 22.5 Å². The third-order valence-corrected chi connectivity index (χ3v) is 4.46. The molecule has 0 aliphatic heterocycles. The SMILES string of the molecule is O=S(=O)(Nc1cccc(OCCF)c1)c1c[nH]c2ncncc12. The van der Waals surface area contributed by atoms with Gasteiger partial charge in [-0.3, -0.25) is 4.72 Å². The van der Waals surface area contributed by atoms with Crippen LogP contribution in [0.15, 0.2) is 47.9 Å². The number of halogens is 1. The van der Waals surface area contributed by atoms with Crippen LogP contribution in [0.5, 0.6) is 5.75 Å². The number of ether oxygens (including phenoxy) is 1. The van der Waals surface area contributed by atoms with Crippen LogP contribution in [0.3, 0.4) is 0 Å². The average Bonchev–Trinajstić information content (AvgIpc) is 2.98. The maximum Gasteiger partial charge on any atom is 0.264 e. The molecule has 0 fully saturated rings. The van der Waals surface area contributed by atoms with E-state index in [1.54, 1.807) is 18.2 Å². The molecule has 7 nitrogen and oxygen atoms in total. The summed E-state index contributed by atoms with van der Waals surface area (Å²) in [5, 5.41) is 0.393. The molecule has 0 amide bonds. The third kappa shape index (κ3) is 3.24. The minimum atomic E-state index is -3.82. The van der Waals surface area contributed by atoms with Gasteiger partial charge in [-0.1, -0.05) is 6.07 Å². The smallest absolute Gasteiger partial charge is 0.264 e. The standard InChI is InChI=1S/C14H13FN4O3S/c15-4-5-22-11-3-1-2-10(6-11)19-23(20,21)13-8-17-14-12(13)7-16-9-18-14/h1-3,6-9,19H,4-5H2,(H,16,17,18). The summed E-state index contributed by atoms with van der Waals surface area (Å²) in [5.41, 5.74) is 0.743. The highest BCUT2D eigenvalue weighted by Crippen LogP contribution is 2.24. The molecular formula is C14H13FN4O3S. The lowest BCUT2D eigenvalue weighted by atomic mass is 10.3. The lowest BCUT2D eigenvalue weighted by Gasteiger charge is -2.09.